The maximum atomic E-state index is 13.7. The van der Waals surface area contributed by atoms with Gasteiger partial charge in [-0.15, -0.1) is 0 Å². The van der Waals surface area contributed by atoms with Crippen LogP contribution in [0.4, 0.5) is 4.39 Å². The predicted octanol–water partition coefficient (Wildman–Crippen LogP) is 2.55. The number of rotatable bonds is 4. The molecule has 2 nitrogen and oxygen atoms in total. The second kappa shape index (κ2) is 5.69. The Kier molecular flexibility index (Phi) is 3.72. The summed E-state index contributed by atoms with van der Waals surface area (Å²) in [5, 5.41) is 3.47. The molecule has 1 N–H and O–H groups in total. The van der Waals surface area contributed by atoms with Crippen LogP contribution >= 0.6 is 0 Å². The molecule has 3 fully saturated rings. The van der Waals surface area contributed by atoms with Crippen LogP contribution in [0.15, 0.2) is 24.3 Å². The Labute approximate surface area is 126 Å². The summed E-state index contributed by atoms with van der Waals surface area (Å²) in [6.45, 7) is 6.23. The molecule has 3 heteroatoms. The van der Waals surface area contributed by atoms with Crippen LogP contribution in [0.25, 0.3) is 0 Å². The quantitative estimate of drug-likeness (QED) is 0.916. The van der Waals surface area contributed by atoms with Crippen molar-refractivity contribution >= 4 is 0 Å². The number of hydrogen-bond donors (Lipinski definition) is 1. The second-order valence-corrected chi connectivity index (χ2v) is 7.19. The molecule has 1 aliphatic carbocycles. The molecule has 3 aliphatic rings. The Bertz CT molecular complexity index is 486. The van der Waals surface area contributed by atoms with E-state index in [4.69, 9.17) is 0 Å². The molecule has 0 aromatic heterocycles. The minimum Gasteiger partial charge on any atom is -0.316 e. The molecule has 1 aromatic carbocycles. The van der Waals surface area contributed by atoms with E-state index in [1.165, 1.54) is 45.6 Å². The lowest BCUT2D eigenvalue weighted by Crippen LogP contribution is -2.37. The Balaban J connectivity index is 1.24. The summed E-state index contributed by atoms with van der Waals surface area (Å²) in [6.07, 6.45) is 3.38. The van der Waals surface area contributed by atoms with Crippen LogP contribution in [-0.2, 0) is 6.42 Å². The monoisotopic (exact) mass is 288 g/mol. The van der Waals surface area contributed by atoms with Gasteiger partial charge in [-0.05, 0) is 80.7 Å². The second-order valence-electron chi connectivity index (χ2n) is 7.19. The molecule has 2 aliphatic heterocycles. The average Bonchev–Trinajstić information content (AvgIpc) is 2.94. The fraction of sp³-hybridized carbons (Fsp3) is 0.667. The maximum Gasteiger partial charge on any atom is 0.126 e. The third kappa shape index (κ3) is 2.86. The van der Waals surface area contributed by atoms with E-state index in [1.807, 2.05) is 12.1 Å². The van der Waals surface area contributed by atoms with Gasteiger partial charge in [0.2, 0.25) is 0 Å². The highest BCUT2D eigenvalue weighted by Gasteiger charge is 2.52. The number of piperidine rings is 2. The smallest absolute Gasteiger partial charge is 0.126 e. The van der Waals surface area contributed by atoms with Gasteiger partial charge in [-0.1, -0.05) is 18.2 Å². The lowest BCUT2D eigenvalue weighted by Gasteiger charge is -2.32. The summed E-state index contributed by atoms with van der Waals surface area (Å²) >= 11 is 0. The SMILES string of the molecule is Fc1ccccc1CC1CCN(CC2[C@H]3CNC[C@@H]23)CC1. The van der Waals surface area contributed by atoms with E-state index in [-0.39, 0.29) is 5.82 Å². The molecule has 1 unspecified atom stereocenters. The summed E-state index contributed by atoms with van der Waals surface area (Å²) in [6, 6.07) is 7.26. The van der Waals surface area contributed by atoms with Crippen molar-refractivity contribution in [1.82, 2.24) is 10.2 Å². The number of nitrogens with zero attached hydrogens (tertiary/aromatic N) is 1. The molecule has 0 amide bonds. The molecular formula is C18H25FN2. The van der Waals surface area contributed by atoms with Crippen molar-refractivity contribution in [3.8, 4) is 0 Å². The van der Waals surface area contributed by atoms with Crippen LogP contribution < -0.4 is 5.32 Å². The zero-order chi connectivity index (χ0) is 14.2. The van der Waals surface area contributed by atoms with Gasteiger partial charge in [-0.2, -0.15) is 0 Å². The van der Waals surface area contributed by atoms with E-state index in [0.717, 1.165) is 29.7 Å². The molecule has 1 saturated carbocycles. The summed E-state index contributed by atoms with van der Waals surface area (Å²) < 4.78 is 13.7. The Hall–Kier alpha value is -0.930. The van der Waals surface area contributed by atoms with Crippen LogP contribution in [0.1, 0.15) is 18.4 Å². The van der Waals surface area contributed by atoms with Gasteiger partial charge in [0.25, 0.3) is 0 Å². The molecule has 4 rings (SSSR count). The highest BCUT2D eigenvalue weighted by Crippen LogP contribution is 2.49. The number of benzene rings is 1. The van der Waals surface area contributed by atoms with Crippen molar-refractivity contribution < 1.29 is 4.39 Å². The molecule has 21 heavy (non-hydrogen) atoms. The third-order valence-electron chi connectivity index (χ3n) is 5.91. The van der Waals surface area contributed by atoms with Crippen molar-refractivity contribution in [3.05, 3.63) is 35.6 Å². The van der Waals surface area contributed by atoms with Crippen LogP contribution in [0.2, 0.25) is 0 Å². The maximum absolute atomic E-state index is 13.7. The van der Waals surface area contributed by atoms with Gasteiger partial charge in [0, 0.05) is 6.54 Å². The molecule has 1 aromatic rings. The van der Waals surface area contributed by atoms with Crippen LogP contribution in [-0.4, -0.2) is 37.6 Å². The number of fused-ring (bicyclic) bond motifs is 1. The van der Waals surface area contributed by atoms with E-state index >= 15 is 0 Å². The zero-order valence-electron chi connectivity index (χ0n) is 12.6. The Morgan fingerprint density at radius 1 is 1.10 bits per heavy atom. The van der Waals surface area contributed by atoms with Gasteiger partial charge in [0.1, 0.15) is 5.82 Å². The number of halogens is 1. The van der Waals surface area contributed by atoms with Gasteiger partial charge in [0.05, 0.1) is 0 Å². The Morgan fingerprint density at radius 2 is 1.81 bits per heavy atom. The number of hydrogen-bond acceptors (Lipinski definition) is 2. The molecule has 0 bridgehead atoms. The molecule has 2 heterocycles. The predicted molar refractivity (Wildman–Crippen MR) is 82.6 cm³/mol. The largest absolute Gasteiger partial charge is 0.316 e. The van der Waals surface area contributed by atoms with Crippen LogP contribution in [0, 0.1) is 29.5 Å². The zero-order valence-corrected chi connectivity index (χ0v) is 12.6. The summed E-state index contributed by atoms with van der Waals surface area (Å²) in [7, 11) is 0. The van der Waals surface area contributed by atoms with Crippen molar-refractivity contribution in [2.45, 2.75) is 19.3 Å². The van der Waals surface area contributed by atoms with Crippen molar-refractivity contribution in [1.29, 1.82) is 0 Å². The third-order valence-corrected chi connectivity index (χ3v) is 5.91. The van der Waals surface area contributed by atoms with E-state index in [9.17, 15) is 4.39 Å². The first-order valence-electron chi connectivity index (χ1n) is 8.48. The lowest BCUT2D eigenvalue weighted by atomic mass is 9.90. The van der Waals surface area contributed by atoms with Gasteiger partial charge in [-0.25, -0.2) is 4.39 Å². The first kappa shape index (κ1) is 13.7. The standard InChI is InChI=1S/C18H25FN2/c19-18-4-2-1-3-14(18)9-13-5-7-21(8-6-13)12-17-15-10-20-11-16(15)17/h1-4,13,15-17,20H,5-12H2/t15-,16+,17?. The summed E-state index contributed by atoms with van der Waals surface area (Å²) in [5.41, 5.74) is 0.902. The van der Waals surface area contributed by atoms with Gasteiger partial charge >= 0.3 is 0 Å². The Morgan fingerprint density at radius 3 is 2.52 bits per heavy atom. The van der Waals surface area contributed by atoms with Gasteiger partial charge < -0.3 is 10.2 Å². The van der Waals surface area contributed by atoms with Crippen LogP contribution in [0.3, 0.4) is 0 Å². The molecular weight excluding hydrogens is 263 g/mol. The minimum absolute atomic E-state index is 0.0294. The first-order valence-corrected chi connectivity index (χ1v) is 8.48. The molecule has 114 valence electrons. The van der Waals surface area contributed by atoms with E-state index in [2.05, 4.69) is 10.2 Å². The van der Waals surface area contributed by atoms with E-state index in [0.29, 0.717) is 5.92 Å². The van der Waals surface area contributed by atoms with Gasteiger partial charge in [0.15, 0.2) is 0 Å². The highest BCUT2D eigenvalue weighted by molar-refractivity contribution is 5.18. The molecule has 0 spiro atoms. The first-order chi connectivity index (χ1) is 10.3. The van der Waals surface area contributed by atoms with Gasteiger partial charge in [-0.3, -0.25) is 0 Å². The highest BCUT2D eigenvalue weighted by atomic mass is 19.1. The van der Waals surface area contributed by atoms with E-state index < -0.39 is 0 Å². The number of nitrogens with one attached hydrogen (secondary N) is 1. The van der Waals surface area contributed by atoms with Crippen molar-refractivity contribution in [2.24, 2.45) is 23.7 Å². The lowest BCUT2D eigenvalue weighted by molar-refractivity contribution is 0.171. The summed E-state index contributed by atoms with van der Waals surface area (Å²) in [5.74, 6) is 3.55. The fourth-order valence-corrected chi connectivity index (χ4v) is 4.46. The van der Waals surface area contributed by atoms with Crippen molar-refractivity contribution in [2.75, 3.05) is 32.7 Å². The fourth-order valence-electron chi connectivity index (χ4n) is 4.46. The van der Waals surface area contributed by atoms with Crippen LogP contribution in [0.5, 0.6) is 0 Å². The normalized spacial score (nSPS) is 33.1. The minimum atomic E-state index is -0.0294. The molecule has 2 saturated heterocycles. The molecule has 0 radical (unpaired) electrons. The van der Waals surface area contributed by atoms with E-state index in [1.54, 1.807) is 12.1 Å². The topological polar surface area (TPSA) is 15.3 Å². The number of likely N-dealkylation sites (tertiary alicyclic amines) is 1. The van der Waals surface area contributed by atoms with Crippen molar-refractivity contribution in [3.63, 3.8) is 0 Å². The molecule has 3 atom stereocenters. The summed E-state index contributed by atoms with van der Waals surface area (Å²) in [4.78, 5) is 2.65. The average molecular weight is 288 g/mol.